The molecule has 0 aliphatic carbocycles. The number of Topliss-reactive ketones (excluding diaryl/α,β-unsaturated/α-hetero) is 1. The summed E-state index contributed by atoms with van der Waals surface area (Å²) in [5, 5.41) is 0. The van der Waals surface area contributed by atoms with Gasteiger partial charge in [-0.2, -0.15) is 0 Å². The van der Waals surface area contributed by atoms with Crippen LogP contribution in [0.1, 0.15) is 57.4 Å². The molecule has 4 nitrogen and oxygen atoms in total. The molecule has 2 fully saturated rings. The molecule has 0 aromatic heterocycles. The van der Waals surface area contributed by atoms with Crippen LogP contribution in [-0.2, 0) is 16.1 Å². The highest BCUT2D eigenvalue weighted by Crippen LogP contribution is 2.38. The van der Waals surface area contributed by atoms with Crippen molar-refractivity contribution in [1.29, 1.82) is 0 Å². The van der Waals surface area contributed by atoms with E-state index in [1.54, 1.807) is 0 Å². The molecule has 138 valence electrons. The minimum absolute atomic E-state index is 0.0367. The summed E-state index contributed by atoms with van der Waals surface area (Å²) >= 11 is 0. The van der Waals surface area contributed by atoms with Crippen LogP contribution in [0.3, 0.4) is 0 Å². The van der Waals surface area contributed by atoms with Crippen LogP contribution >= 0.6 is 0 Å². The zero-order valence-corrected chi connectivity index (χ0v) is 15.4. The Morgan fingerprint density at radius 1 is 1.12 bits per heavy atom. The van der Waals surface area contributed by atoms with Crippen molar-refractivity contribution in [3.05, 3.63) is 35.9 Å². The van der Waals surface area contributed by atoms with E-state index in [1.807, 2.05) is 42.2 Å². The standard InChI is InChI=1S/C22H27NO3/c1-2-3-5-13-21(24)18-14-19-11-8-12-20(15-18)23(19)22(25)26-16-17-9-6-4-7-10-17/h4,6-7,9-10,18-20H,2,8,11-16H2,1H3. The van der Waals surface area contributed by atoms with E-state index in [2.05, 4.69) is 11.8 Å². The van der Waals surface area contributed by atoms with Gasteiger partial charge in [-0.3, -0.25) is 4.79 Å². The molecular weight excluding hydrogens is 326 g/mol. The molecule has 0 N–H and O–H groups in total. The molecule has 1 aromatic carbocycles. The average Bonchev–Trinajstić information content (AvgIpc) is 2.66. The Morgan fingerprint density at radius 2 is 1.81 bits per heavy atom. The van der Waals surface area contributed by atoms with E-state index in [-0.39, 0.29) is 29.9 Å². The topological polar surface area (TPSA) is 46.6 Å². The van der Waals surface area contributed by atoms with Crippen LogP contribution in [0.15, 0.2) is 30.3 Å². The lowest BCUT2D eigenvalue weighted by Gasteiger charge is -2.47. The maximum atomic E-state index is 12.7. The number of hydrogen-bond acceptors (Lipinski definition) is 3. The Balaban J connectivity index is 1.59. The molecule has 0 spiro atoms. The number of ketones is 1. The Morgan fingerprint density at radius 3 is 2.46 bits per heavy atom. The first kappa shape index (κ1) is 18.5. The molecule has 0 radical (unpaired) electrons. The van der Waals surface area contributed by atoms with Crippen molar-refractivity contribution in [2.24, 2.45) is 5.92 Å². The van der Waals surface area contributed by atoms with Gasteiger partial charge < -0.3 is 9.64 Å². The molecule has 4 heteroatoms. The van der Waals surface area contributed by atoms with E-state index in [4.69, 9.17) is 4.74 Å². The van der Waals surface area contributed by atoms with E-state index in [9.17, 15) is 9.59 Å². The minimum atomic E-state index is -0.236. The summed E-state index contributed by atoms with van der Waals surface area (Å²) in [6.07, 6.45) is 5.44. The van der Waals surface area contributed by atoms with Crippen LogP contribution in [0.4, 0.5) is 4.79 Å². The first-order valence-corrected chi connectivity index (χ1v) is 9.66. The van der Waals surface area contributed by atoms with Crippen molar-refractivity contribution in [1.82, 2.24) is 4.90 Å². The smallest absolute Gasteiger partial charge is 0.410 e. The SMILES string of the molecule is CCC#CCC(=O)C1CC2CCCC(C1)N2C(=O)OCc1ccccc1. The first-order valence-electron chi connectivity index (χ1n) is 9.66. The number of carbonyl (C=O) groups excluding carboxylic acids is 2. The van der Waals surface area contributed by atoms with Gasteiger partial charge >= 0.3 is 6.09 Å². The Bertz CT molecular complexity index is 674. The van der Waals surface area contributed by atoms with Gasteiger partial charge in [-0.25, -0.2) is 4.79 Å². The fraction of sp³-hybridized carbons (Fsp3) is 0.545. The zero-order chi connectivity index (χ0) is 18.4. The summed E-state index contributed by atoms with van der Waals surface area (Å²) in [7, 11) is 0. The third-order valence-corrected chi connectivity index (χ3v) is 5.41. The van der Waals surface area contributed by atoms with Gasteiger partial charge in [0.1, 0.15) is 12.4 Å². The monoisotopic (exact) mass is 353 g/mol. The highest BCUT2D eigenvalue weighted by Gasteiger charge is 2.43. The molecule has 2 aliphatic heterocycles. The van der Waals surface area contributed by atoms with Gasteiger partial charge in [-0.05, 0) is 37.7 Å². The molecular formula is C22H27NO3. The van der Waals surface area contributed by atoms with E-state index < -0.39 is 0 Å². The van der Waals surface area contributed by atoms with Gasteiger partial charge in [0.2, 0.25) is 0 Å². The van der Waals surface area contributed by atoms with Crippen LogP contribution in [0.25, 0.3) is 0 Å². The van der Waals surface area contributed by atoms with Crippen molar-refractivity contribution < 1.29 is 14.3 Å². The van der Waals surface area contributed by atoms with Gasteiger partial charge in [0, 0.05) is 24.4 Å². The quantitative estimate of drug-likeness (QED) is 0.757. The van der Waals surface area contributed by atoms with Gasteiger partial charge in [0.25, 0.3) is 0 Å². The summed E-state index contributed by atoms with van der Waals surface area (Å²) in [5.41, 5.74) is 0.991. The largest absolute Gasteiger partial charge is 0.445 e. The molecule has 2 saturated heterocycles. The molecule has 2 bridgehead atoms. The van der Waals surface area contributed by atoms with E-state index in [1.165, 1.54) is 0 Å². The van der Waals surface area contributed by atoms with Gasteiger partial charge in [0.05, 0.1) is 6.42 Å². The summed E-state index contributed by atoms with van der Waals surface area (Å²) in [5.74, 6) is 6.21. The Kier molecular flexibility index (Phi) is 6.33. The highest BCUT2D eigenvalue weighted by atomic mass is 16.6. The molecule has 1 amide bonds. The third-order valence-electron chi connectivity index (χ3n) is 5.41. The number of nitrogens with zero attached hydrogens (tertiary/aromatic N) is 1. The molecule has 2 heterocycles. The van der Waals surface area contributed by atoms with E-state index in [0.29, 0.717) is 13.0 Å². The lowest BCUT2D eigenvalue weighted by atomic mass is 9.76. The summed E-state index contributed by atoms with van der Waals surface area (Å²) in [4.78, 5) is 27.0. The third kappa shape index (κ3) is 4.46. The molecule has 2 unspecified atom stereocenters. The number of hydrogen-bond donors (Lipinski definition) is 0. The van der Waals surface area contributed by atoms with Crippen LogP contribution in [0.5, 0.6) is 0 Å². The summed E-state index contributed by atoms with van der Waals surface area (Å²) in [6.45, 7) is 2.28. The van der Waals surface area contributed by atoms with Crippen molar-refractivity contribution >= 4 is 11.9 Å². The zero-order valence-electron chi connectivity index (χ0n) is 15.4. The fourth-order valence-corrected chi connectivity index (χ4v) is 4.16. The van der Waals surface area contributed by atoms with Crippen LogP contribution < -0.4 is 0 Å². The van der Waals surface area contributed by atoms with Gasteiger partial charge in [-0.15, -0.1) is 5.92 Å². The minimum Gasteiger partial charge on any atom is -0.445 e. The Hall–Kier alpha value is -2.28. The van der Waals surface area contributed by atoms with E-state index in [0.717, 1.165) is 44.1 Å². The first-order chi connectivity index (χ1) is 12.7. The second-order valence-electron chi connectivity index (χ2n) is 7.20. The molecule has 0 saturated carbocycles. The summed E-state index contributed by atoms with van der Waals surface area (Å²) < 4.78 is 5.56. The fourth-order valence-electron chi connectivity index (χ4n) is 4.16. The van der Waals surface area contributed by atoms with Crippen molar-refractivity contribution in [3.8, 4) is 11.8 Å². The highest BCUT2D eigenvalue weighted by molar-refractivity contribution is 5.83. The average molecular weight is 353 g/mol. The second kappa shape index (κ2) is 8.89. The van der Waals surface area contributed by atoms with Gasteiger partial charge in [0.15, 0.2) is 0 Å². The number of carbonyl (C=O) groups is 2. The number of ether oxygens (including phenoxy) is 1. The Labute approximate surface area is 155 Å². The number of amides is 1. The number of piperidine rings is 2. The number of benzene rings is 1. The van der Waals surface area contributed by atoms with Crippen LogP contribution in [0, 0.1) is 17.8 Å². The maximum absolute atomic E-state index is 12.7. The van der Waals surface area contributed by atoms with Crippen LogP contribution in [0.2, 0.25) is 0 Å². The normalized spacial score (nSPS) is 24.3. The summed E-state index contributed by atoms with van der Waals surface area (Å²) in [6, 6.07) is 9.99. The lowest BCUT2D eigenvalue weighted by Crippen LogP contribution is -2.55. The number of rotatable bonds is 4. The van der Waals surface area contributed by atoms with Crippen molar-refractivity contribution in [2.45, 2.75) is 70.6 Å². The lowest BCUT2D eigenvalue weighted by molar-refractivity contribution is -0.125. The molecule has 3 rings (SSSR count). The van der Waals surface area contributed by atoms with Crippen molar-refractivity contribution in [3.63, 3.8) is 0 Å². The molecule has 26 heavy (non-hydrogen) atoms. The molecule has 2 atom stereocenters. The maximum Gasteiger partial charge on any atom is 0.410 e. The van der Waals surface area contributed by atoms with E-state index >= 15 is 0 Å². The van der Waals surface area contributed by atoms with Gasteiger partial charge in [-0.1, -0.05) is 43.2 Å². The second-order valence-corrected chi connectivity index (χ2v) is 7.20. The van der Waals surface area contributed by atoms with Crippen LogP contribution in [-0.4, -0.2) is 28.9 Å². The predicted octanol–water partition coefficient (Wildman–Crippen LogP) is 4.33. The molecule has 1 aromatic rings. The predicted molar refractivity (Wildman–Crippen MR) is 100 cm³/mol. The molecule has 2 aliphatic rings. The van der Waals surface area contributed by atoms with Crippen molar-refractivity contribution in [2.75, 3.05) is 0 Å². The number of fused-ring (bicyclic) bond motifs is 2.